The number of nitrogens with two attached hydrogens (primary N) is 1. The van der Waals surface area contributed by atoms with Crippen molar-refractivity contribution < 1.29 is 33.6 Å². The van der Waals surface area contributed by atoms with Crippen LogP contribution in [0.3, 0.4) is 0 Å². The molecule has 2 fully saturated rings. The van der Waals surface area contributed by atoms with Crippen molar-refractivity contribution in [3.05, 3.63) is 35.9 Å². The fourth-order valence-electron chi connectivity index (χ4n) is 3.20. The van der Waals surface area contributed by atoms with Crippen LogP contribution in [-0.2, 0) is 28.5 Å². The Morgan fingerprint density at radius 1 is 1.24 bits per heavy atom. The van der Waals surface area contributed by atoms with Crippen LogP contribution in [0.1, 0.15) is 39.0 Å². The van der Waals surface area contributed by atoms with Crippen molar-refractivity contribution in [2.24, 2.45) is 11.1 Å². The summed E-state index contributed by atoms with van der Waals surface area (Å²) in [6, 6.07) is 9.46. The molecule has 2 saturated heterocycles. The monoisotopic (exact) mass is 409 g/mol. The van der Waals surface area contributed by atoms with Gasteiger partial charge in [0.2, 0.25) is 0 Å². The average Bonchev–Trinajstić information content (AvgIpc) is 2.70. The van der Waals surface area contributed by atoms with E-state index in [-0.39, 0.29) is 6.61 Å². The molecule has 8 heteroatoms. The first-order valence-corrected chi connectivity index (χ1v) is 9.99. The molecule has 3 unspecified atom stereocenters. The zero-order chi connectivity index (χ0) is 21.0. The lowest BCUT2D eigenvalue weighted by Crippen LogP contribution is -2.63. The smallest absolute Gasteiger partial charge is 0.311 e. The third-order valence-corrected chi connectivity index (χ3v) is 4.87. The van der Waals surface area contributed by atoms with E-state index < -0.39 is 48.4 Å². The SMILES string of the molecule is CC(C)(C)C(=O)O[C@H]1C(O)[C@H](OCCCN)OC2COC(c3ccccc3)O[C@@H]21. The number of carbonyl (C=O) groups excluding carboxylic acids is 1. The van der Waals surface area contributed by atoms with E-state index in [0.29, 0.717) is 19.6 Å². The van der Waals surface area contributed by atoms with Gasteiger partial charge in [0.1, 0.15) is 18.3 Å². The van der Waals surface area contributed by atoms with Crippen molar-refractivity contribution in [3.8, 4) is 0 Å². The van der Waals surface area contributed by atoms with Gasteiger partial charge in [0.25, 0.3) is 0 Å². The molecule has 162 valence electrons. The molecule has 2 heterocycles. The first-order valence-electron chi connectivity index (χ1n) is 9.99. The van der Waals surface area contributed by atoms with Gasteiger partial charge in [0, 0.05) is 5.56 Å². The van der Waals surface area contributed by atoms with Crippen molar-refractivity contribution in [1.29, 1.82) is 0 Å². The molecule has 0 aliphatic carbocycles. The molecule has 0 bridgehead atoms. The first kappa shape index (κ1) is 22.1. The molecule has 6 atom stereocenters. The van der Waals surface area contributed by atoms with Gasteiger partial charge >= 0.3 is 5.97 Å². The van der Waals surface area contributed by atoms with Gasteiger partial charge in [0.05, 0.1) is 18.6 Å². The van der Waals surface area contributed by atoms with Crippen molar-refractivity contribution in [2.75, 3.05) is 19.8 Å². The lowest BCUT2D eigenvalue weighted by molar-refractivity contribution is -0.362. The number of rotatable bonds is 6. The van der Waals surface area contributed by atoms with E-state index in [1.807, 2.05) is 30.3 Å². The highest BCUT2D eigenvalue weighted by Crippen LogP contribution is 2.36. The second-order valence-electron chi connectivity index (χ2n) is 8.34. The van der Waals surface area contributed by atoms with Crippen molar-refractivity contribution in [2.45, 2.75) is 64.2 Å². The lowest BCUT2D eigenvalue weighted by Gasteiger charge is -2.47. The summed E-state index contributed by atoms with van der Waals surface area (Å²) in [6.07, 6.45) is -4.35. The van der Waals surface area contributed by atoms with Gasteiger partial charge in [-0.15, -0.1) is 0 Å². The number of benzene rings is 1. The van der Waals surface area contributed by atoms with E-state index >= 15 is 0 Å². The minimum atomic E-state index is -1.20. The maximum Gasteiger partial charge on any atom is 0.311 e. The Hall–Kier alpha value is -1.55. The van der Waals surface area contributed by atoms with Gasteiger partial charge < -0.3 is 34.5 Å². The molecule has 29 heavy (non-hydrogen) atoms. The van der Waals surface area contributed by atoms with Crippen LogP contribution in [-0.4, -0.2) is 61.5 Å². The van der Waals surface area contributed by atoms with Crippen LogP contribution in [0.15, 0.2) is 30.3 Å². The van der Waals surface area contributed by atoms with E-state index in [4.69, 9.17) is 29.4 Å². The summed E-state index contributed by atoms with van der Waals surface area (Å²) < 4.78 is 29.1. The third kappa shape index (κ3) is 5.33. The van der Waals surface area contributed by atoms with Gasteiger partial charge in [-0.1, -0.05) is 30.3 Å². The van der Waals surface area contributed by atoms with Crippen LogP contribution in [0.4, 0.5) is 0 Å². The number of carbonyl (C=O) groups is 1. The standard InChI is InChI=1S/C21H31NO7/c1-21(2,3)20(24)29-17-15(23)19(25-11-7-10-22)27-14-12-26-18(28-16(14)17)13-8-5-4-6-9-13/h4-6,8-9,14-19,23H,7,10-12,22H2,1-3H3/t14?,15?,16-,17-,18?,19+/m0/s1. The summed E-state index contributed by atoms with van der Waals surface area (Å²) in [5.74, 6) is -0.436. The van der Waals surface area contributed by atoms with Crippen molar-refractivity contribution in [1.82, 2.24) is 0 Å². The minimum absolute atomic E-state index is 0.220. The second-order valence-corrected chi connectivity index (χ2v) is 8.34. The number of esters is 1. The molecule has 0 aromatic heterocycles. The predicted molar refractivity (Wildman–Crippen MR) is 104 cm³/mol. The number of aliphatic hydroxyl groups excluding tert-OH is 1. The van der Waals surface area contributed by atoms with Gasteiger partial charge in [-0.05, 0) is 33.7 Å². The lowest BCUT2D eigenvalue weighted by atomic mass is 9.94. The number of hydrogen-bond donors (Lipinski definition) is 2. The summed E-state index contributed by atoms with van der Waals surface area (Å²) in [5, 5.41) is 10.9. The third-order valence-electron chi connectivity index (χ3n) is 4.87. The van der Waals surface area contributed by atoms with E-state index in [2.05, 4.69) is 0 Å². The molecular formula is C21H31NO7. The fraction of sp³-hybridized carbons (Fsp3) is 0.667. The van der Waals surface area contributed by atoms with Gasteiger partial charge in [-0.3, -0.25) is 4.79 Å². The average molecular weight is 409 g/mol. The summed E-state index contributed by atoms with van der Waals surface area (Å²) in [7, 11) is 0. The molecule has 2 aliphatic heterocycles. The first-order chi connectivity index (χ1) is 13.8. The van der Waals surface area contributed by atoms with Crippen LogP contribution in [0, 0.1) is 5.41 Å². The molecule has 0 spiro atoms. The largest absolute Gasteiger partial charge is 0.456 e. The van der Waals surface area contributed by atoms with Crippen molar-refractivity contribution >= 4 is 5.97 Å². The maximum absolute atomic E-state index is 12.6. The van der Waals surface area contributed by atoms with Gasteiger partial charge in [-0.2, -0.15) is 0 Å². The summed E-state index contributed by atoms with van der Waals surface area (Å²) >= 11 is 0. The highest BCUT2D eigenvalue weighted by atomic mass is 16.8. The molecule has 0 saturated carbocycles. The van der Waals surface area contributed by atoms with Crippen LogP contribution in [0.5, 0.6) is 0 Å². The summed E-state index contributed by atoms with van der Waals surface area (Å²) in [6.45, 7) is 6.27. The molecule has 3 rings (SSSR count). The van der Waals surface area contributed by atoms with E-state index in [1.54, 1.807) is 20.8 Å². The Kier molecular flexibility index (Phi) is 7.26. The molecule has 3 N–H and O–H groups in total. The van der Waals surface area contributed by atoms with Gasteiger partial charge in [-0.25, -0.2) is 0 Å². The van der Waals surface area contributed by atoms with E-state index in [9.17, 15) is 9.90 Å². The molecule has 1 aromatic rings. The molecule has 8 nitrogen and oxygen atoms in total. The van der Waals surface area contributed by atoms with Crippen molar-refractivity contribution in [3.63, 3.8) is 0 Å². The summed E-state index contributed by atoms with van der Waals surface area (Å²) in [4.78, 5) is 12.6. The maximum atomic E-state index is 12.6. The van der Waals surface area contributed by atoms with Crippen LogP contribution >= 0.6 is 0 Å². The Balaban J connectivity index is 1.78. The van der Waals surface area contributed by atoms with Crippen LogP contribution in [0.2, 0.25) is 0 Å². The minimum Gasteiger partial charge on any atom is -0.456 e. The van der Waals surface area contributed by atoms with Crippen LogP contribution < -0.4 is 5.73 Å². The fourth-order valence-corrected chi connectivity index (χ4v) is 3.20. The molecule has 0 amide bonds. The number of ether oxygens (including phenoxy) is 5. The second kappa shape index (κ2) is 9.51. The zero-order valence-electron chi connectivity index (χ0n) is 17.2. The van der Waals surface area contributed by atoms with Crippen LogP contribution in [0.25, 0.3) is 0 Å². The Labute approximate surface area is 171 Å². The number of aliphatic hydroxyl groups is 1. The Morgan fingerprint density at radius 2 is 1.97 bits per heavy atom. The topological polar surface area (TPSA) is 109 Å². The Bertz CT molecular complexity index is 663. The quantitative estimate of drug-likeness (QED) is 0.538. The predicted octanol–water partition coefficient (Wildman–Crippen LogP) is 1.51. The molecular weight excluding hydrogens is 378 g/mol. The van der Waals surface area contributed by atoms with E-state index in [0.717, 1.165) is 5.56 Å². The number of hydrogen-bond acceptors (Lipinski definition) is 8. The molecule has 1 aromatic carbocycles. The highest BCUT2D eigenvalue weighted by molar-refractivity contribution is 5.75. The number of fused-ring (bicyclic) bond motifs is 1. The summed E-state index contributed by atoms with van der Waals surface area (Å²) in [5.41, 5.74) is 5.61. The highest BCUT2D eigenvalue weighted by Gasteiger charge is 2.52. The Morgan fingerprint density at radius 3 is 2.62 bits per heavy atom. The van der Waals surface area contributed by atoms with E-state index in [1.165, 1.54) is 0 Å². The normalized spacial score (nSPS) is 32.4. The zero-order valence-corrected chi connectivity index (χ0v) is 17.2. The van der Waals surface area contributed by atoms with Gasteiger partial charge in [0.15, 0.2) is 18.7 Å². The molecule has 2 aliphatic rings. The molecule has 0 radical (unpaired) electrons.